The second kappa shape index (κ2) is 7.63. The van der Waals surface area contributed by atoms with Crippen LogP contribution in [0.15, 0.2) is 33.5 Å². The average molecular weight is 394 g/mol. The van der Waals surface area contributed by atoms with Crippen LogP contribution >= 0.6 is 0 Å². The Labute approximate surface area is 169 Å². The third-order valence-electron chi connectivity index (χ3n) is 6.11. The van der Waals surface area contributed by atoms with E-state index in [0.29, 0.717) is 18.1 Å². The van der Waals surface area contributed by atoms with Gasteiger partial charge in [-0.15, -0.1) is 10.2 Å². The third kappa shape index (κ3) is 3.67. The van der Waals surface area contributed by atoms with Crippen LogP contribution in [0.2, 0.25) is 0 Å². The molecule has 2 aliphatic rings. The van der Waals surface area contributed by atoms with E-state index in [1.807, 2.05) is 25.1 Å². The molecule has 0 radical (unpaired) electrons. The number of ether oxygens (including phenoxy) is 1. The quantitative estimate of drug-likeness (QED) is 0.620. The zero-order valence-corrected chi connectivity index (χ0v) is 16.8. The summed E-state index contributed by atoms with van der Waals surface area (Å²) in [6.45, 7) is 6.55. The summed E-state index contributed by atoms with van der Waals surface area (Å²) in [4.78, 5) is 14.1. The SMILES string of the molecule is Cc1cc(=O)oc2cc(OCCN3CCCC(c4nnc5n4CCC5)C3)ccc12. The van der Waals surface area contributed by atoms with E-state index in [-0.39, 0.29) is 5.63 Å². The molecule has 7 nitrogen and oxygen atoms in total. The smallest absolute Gasteiger partial charge is 0.336 e. The van der Waals surface area contributed by atoms with E-state index in [0.717, 1.165) is 55.1 Å². The van der Waals surface area contributed by atoms with Gasteiger partial charge >= 0.3 is 5.63 Å². The Bertz CT molecular complexity index is 1090. The molecule has 2 aliphatic heterocycles. The van der Waals surface area contributed by atoms with Crippen LogP contribution in [0, 0.1) is 6.92 Å². The Hall–Kier alpha value is -2.67. The molecule has 29 heavy (non-hydrogen) atoms. The van der Waals surface area contributed by atoms with Crippen LogP contribution in [0.4, 0.5) is 0 Å². The molecule has 1 saturated heterocycles. The van der Waals surface area contributed by atoms with Crippen LogP contribution in [-0.2, 0) is 13.0 Å². The molecular weight excluding hydrogens is 368 g/mol. The molecule has 1 fully saturated rings. The molecule has 1 aromatic carbocycles. The van der Waals surface area contributed by atoms with Crippen molar-refractivity contribution in [2.75, 3.05) is 26.2 Å². The lowest BCUT2D eigenvalue weighted by atomic mass is 9.97. The summed E-state index contributed by atoms with van der Waals surface area (Å²) in [6, 6.07) is 7.21. The number of aryl methyl sites for hydroxylation is 2. The molecule has 0 N–H and O–H groups in total. The minimum Gasteiger partial charge on any atom is -0.492 e. The van der Waals surface area contributed by atoms with E-state index >= 15 is 0 Å². The van der Waals surface area contributed by atoms with Crippen molar-refractivity contribution in [2.24, 2.45) is 0 Å². The highest BCUT2D eigenvalue weighted by Crippen LogP contribution is 2.28. The van der Waals surface area contributed by atoms with Crippen LogP contribution in [0.25, 0.3) is 11.0 Å². The number of nitrogens with zero attached hydrogens (tertiary/aromatic N) is 4. The summed E-state index contributed by atoms with van der Waals surface area (Å²) in [5, 5.41) is 9.80. The highest BCUT2D eigenvalue weighted by molar-refractivity contribution is 5.81. The molecule has 1 unspecified atom stereocenters. The Balaban J connectivity index is 1.20. The van der Waals surface area contributed by atoms with Crippen molar-refractivity contribution >= 4 is 11.0 Å². The highest BCUT2D eigenvalue weighted by Gasteiger charge is 2.28. The fourth-order valence-electron chi connectivity index (χ4n) is 4.63. The van der Waals surface area contributed by atoms with Gasteiger partial charge in [-0.1, -0.05) is 0 Å². The molecule has 0 bridgehead atoms. The standard InChI is InChI=1S/C22H26N4O3/c1-15-12-21(27)29-19-13-17(6-7-18(15)19)28-11-10-25-8-2-4-16(14-25)22-24-23-20-5-3-9-26(20)22/h6-7,12-13,16H,2-5,8-11,14H2,1H3. The normalized spacial score (nSPS) is 19.6. The van der Waals surface area contributed by atoms with Gasteiger partial charge in [0, 0.05) is 49.5 Å². The molecule has 0 aliphatic carbocycles. The highest BCUT2D eigenvalue weighted by atomic mass is 16.5. The second-order valence-corrected chi connectivity index (χ2v) is 8.12. The van der Waals surface area contributed by atoms with Gasteiger partial charge in [0.25, 0.3) is 0 Å². The van der Waals surface area contributed by atoms with E-state index in [4.69, 9.17) is 9.15 Å². The van der Waals surface area contributed by atoms with Crippen molar-refractivity contribution in [3.8, 4) is 5.75 Å². The molecule has 7 heteroatoms. The number of piperidine rings is 1. The van der Waals surface area contributed by atoms with E-state index < -0.39 is 0 Å². The summed E-state index contributed by atoms with van der Waals surface area (Å²) in [5.74, 6) is 3.51. The first-order chi connectivity index (χ1) is 14.2. The lowest BCUT2D eigenvalue weighted by Gasteiger charge is -2.32. The molecular formula is C22H26N4O3. The van der Waals surface area contributed by atoms with Gasteiger partial charge < -0.3 is 13.7 Å². The van der Waals surface area contributed by atoms with Crippen LogP contribution in [0.5, 0.6) is 5.75 Å². The van der Waals surface area contributed by atoms with Gasteiger partial charge in [0.2, 0.25) is 0 Å². The molecule has 3 aromatic rings. The Kier molecular flexibility index (Phi) is 4.83. The lowest BCUT2D eigenvalue weighted by Crippen LogP contribution is -2.37. The van der Waals surface area contributed by atoms with Crippen molar-refractivity contribution in [2.45, 2.75) is 45.1 Å². The number of rotatable bonds is 5. The lowest BCUT2D eigenvalue weighted by molar-refractivity contribution is 0.166. The molecule has 1 atom stereocenters. The van der Waals surface area contributed by atoms with Gasteiger partial charge in [0.1, 0.15) is 29.6 Å². The zero-order chi connectivity index (χ0) is 19.8. The van der Waals surface area contributed by atoms with Crippen LogP contribution in [0.3, 0.4) is 0 Å². The third-order valence-corrected chi connectivity index (χ3v) is 6.11. The fourth-order valence-corrected chi connectivity index (χ4v) is 4.63. The van der Waals surface area contributed by atoms with Gasteiger partial charge in [-0.25, -0.2) is 4.79 Å². The number of fused-ring (bicyclic) bond motifs is 2. The largest absolute Gasteiger partial charge is 0.492 e. The molecule has 0 spiro atoms. The Morgan fingerprint density at radius 1 is 1.21 bits per heavy atom. The molecule has 2 aromatic heterocycles. The molecule has 4 heterocycles. The summed E-state index contributed by atoms with van der Waals surface area (Å²) < 4.78 is 13.6. The van der Waals surface area contributed by atoms with Crippen molar-refractivity contribution in [1.82, 2.24) is 19.7 Å². The monoisotopic (exact) mass is 394 g/mol. The number of aromatic nitrogens is 3. The van der Waals surface area contributed by atoms with Crippen molar-refractivity contribution in [3.63, 3.8) is 0 Å². The van der Waals surface area contributed by atoms with Crippen LogP contribution < -0.4 is 10.4 Å². The maximum Gasteiger partial charge on any atom is 0.336 e. The van der Waals surface area contributed by atoms with Crippen molar-refractivity contribution < 1.29 is 9.15 Å². The Morgan fingerprint density at radius 3 is 3.07 bits per heavy atom. The van der Waals surface area contributed by atoms with E-state index in [2.05, 4.69) is 19.7 Å². The topological polar surface area (TPSA) is 73.4 Å². The first kappa shape index (κ1) is 18.4. The van der Waals surface area contributed by atoms with Gasteiger partial charge in [-0.3, -0.25) is 4.90 Å². The maximum atomic E-state index is 11.6. The first-order valence-electron chi connectivity index (χ1n) is 10.5. The summed E-state index contributed by atoms with van der Waals surface area (Å²) >= 11 is 0. The fraction of sp³-hybridized carbons (Fsp3) is 0.500. The van der Waals surface area contributed by atoms with Crippen LogP contribution in [0.1, 0.15) is 42.4 Å². The second-order valence-electron chi connectivity index (χ2n) is 8.12. The number of benzene rings is 1. The number of hydrogen-bond acceptors (Lipinski definition) is 6. The van der Waals surface area contributed by atoms with E-state index in [1.54, 1.807) is 0 Å². The number of hydrogen-bond donors (Lipinski definition) is 0. The van der Waals surface area contributed by atoms with Gasteiger partial charge in [-0.05, 0) is 50.4 Å². The molecule has 152 valence electrons. The minimum absolute atomic E-state index is 0.327. The average Bonchev–Trinajstić information content (AvgIpc) is 3.31. The predicted molar refractivity (Wildman–Crippen MR) is 109 cm³/mol. The molecule has 0 amide bonds. The molecule has 0 saturated carbocycles. The van der Waals surface area contributed by atoms with E-state index in [9.17, 15) is 4.79 Å². The van der Waals surface area contributed by atoms with Crippen molar-refractivity contribution in [1.29, 1.82) is 0 Å². The maximum absolute atomic E-state index is 11.6. The van der Waals surface area contributed by atoms with Crippen LogP contribution in [-0.4, -0.2) is 45.9 Å². The minimum atomic E-state index is -0.327. The predicted octanol–water partition coefficient (Wildman–Crippen LogP) is 2.90. The summed E-state index contributed by atoms with van der Waals surface area (Å²) in [6.07, 6.45) is 4.60. The van der Waals surface area contributed by atoms with Gasteiger partial charge in [0.15, 0.2) is 0 Å². The summed E-state index contributed by atoms with van der Waals surface area (Å²) in [5.41, 5.74) is 1.17. The van der Waals surface area contributed by atoms with Gasteiger partial charge in [-0.2, -0.15) is 0 Å². The Morgan fingerprint density at radius 2 is 2.14 bits per heavy atom. The van der Waals surface area contributed by atoms with Crippen molar-refractivity contribution in [3.05, 3.63) is 51.9 Å². The first-order valence-corrected chi connectivity index (χ1v) is 10.5. The van der Waals surface area contributed by atoms with E-state index in [1.165, 1.54) is 31.2 Å². The number of likely N-dealkylation sites (tertiary alicyclic amines) is 1. The zero-order valence-electron chi connectivity index (χ0n) is 16.8. The summed E-state index contributed by atoms with van der Waals surface area (Å²) in [7, 11) is 0. The molecule has 5 rings (SSSR count). The van der Waals surface area contributed by atoms with Gasteiger partial charge in [0.05, 0.1) is 0 Å².